The second kappa shape index (κ2) is 7.42. The minimum atomic E-state index is -1.17. The average molecular weight is 387 g/mol. The van der Waals surface area contributed by atoms with Gasteiger partial charge in [-0.2, -0.15) is 0 Å². The zero-order valence-electron chi connectivity index (χ0n) is 15.3. The highest BCUT2D eigenvalue weighted by Crippen LogP contribution is 2.42. The van der Waals surface area contributed by atoms with Gasteiger partial charge in [-0.05, 0) is 35.7 Å². The molecule has 0 spiro atoms. The maximum Gasteiger partial charge on any atom is 0.294 e. The molecule has 1 aliphatic rings. The Kier molecular flexibility index (Phi) is 5.18. The number of carbonyl (C=O) groups excluding carboxylic acids is 2. The van der Waals surface area contributed by atoms with Crippen molar-refractivity contribution in [3.63, 3.8) is 0 Å². The first kappa shape index (κ1) is 19.5. The number of anilines is 1. The number of nitrogens with zero attached hydrogens (tertiary/aromatic N) is 1. The molecule has 0 bridgehead atoms. The van der Waals surface area contributed by atoms with Crippen LogP contribution in [-0.4, -0.2) is 21.9 Å². The summed E-state index contributed by atoms with van der Waals surface area (Å²) in [7, 11) is 0. The Hall–Kier alpha value is -3.22. The third-order valence-electron chi connectivity index (χ3n) is 4.47. The number of phenolic OH excluding ortho intramolecular Hbond substituents is 1. The minimum absolute atomic E-state index is 0.0175. The van der Waals surface area contributed by atoms with Gasteiger partial charge in [-0.15, -0.1) is 0 Å². The number of phenols is 1. The quantitative estimate of drug-likeness (QED) is 0.807. The van der Waals surface area contributed by atoms with Crippen LogP contribution < -0.4 is 4.90 Å². The van der Waals surface area contributed by atoms with E-state index in [-0.39, 0.29) is 29.3 Å². The number of benzene rings is 2. The van der Waals surface area contributed by atoms with E-state index < -0.39 is 35.1 Å². The first-order chi connectivity index (χ1) is 13.2. The smallest absolute Gasteiger partial charge is 0.294 e. The molecule has 146 valence electrons. The number of rotatable bonds is 5. The molecule has 0 fully saturated rings. The monoisotopic (exact) mass is 387 g/mol. The number of amides is 1. The number of aromatic hydroxyl groups is 1. The fourth-order valence-electron chi connectivity index (χ4n) is 3.28. The van der Waals surface area contributed by atoms with Gasteiger partial charge in [0.2, 0.25) is 0 Å². The van der Waals surface area contributed by atoms with Gasteiger partial charge in [0.1, 0.15) is 5.75 Å². The molecule has 0 saturated heterocycles. The summed E-state index contributed by atoms with van der Waals surface area (Å²) in [6.45, 7) is 3.64. The first-order valence-corrected chi connectivity index (χ1v) is 8.74. The van der Waals surface area contributed by atoms with Crippen molar-refractivity contribution in [2.45, 2.75) is 26.3 Å². The van der Waals surface area contributed by atoms with Gasteiger partial charge in [-0.3, -0.25) is 14.5 Å². The van der Waals surface area contributed by atoms with Gasteiger partial charge in [0.25, 0.3) is 5.91 Å². The lowest BCUT2D eigenvalue weighted by molar-refractivity contribution is -0.118. The summed E-state index contributed by atoms with van der Waals surface area (Å²) in [4.78, 5) is 26.6. The average Bonchev–Trinajstić information content (AvgIpc) is 2.88. The Balaban J connectivity index is 2.17. The summed E-state index contributed by atoms with van der Waals surface area (Å²) in [5.74, 6) is -4.43. The molecule has 1 heterocycles. The molecule has 0 aliphatic carbocycles. The molecule has 1 amide bonds. The predicted octanol–water partition coefficient (Wildman–Crippen LogP) is 4.19. The van der Waals surface area contributed by atoms with E-state index in [2.05, 4.69) is 0 Å². The van der Waals surface area contributed by atoms with Crippen LogP contribution in [-0.2, 0) is 9.59 Å². The lowest BCUT2D eigenvalue weighted by Gasteiger charge is -2.27. The molecule has 0 radical (unpaired) electrons. The number of hydrogen-bond acceptors (Lipinski definition) is 4. The van der Waals surface area contributed by atoms with Gasteiger partial charge in [0.05, 0.1) is 11.6 Å². The van der Waals surface area contributed by atoms with Crippen molar-refractivity contribution in [1.82, 2.24) is 0 Å². The van der Waals surface area contributed by atoms with Crippen LogP contribution in [0.3, 0.4) is 0 Å². The molecule has 3 rings (SSSR count). The van der Waals surface area contributed by atoms with Gasteiger partial charge in [0.15, 0.2) is 23.2 Å². The van der Waals surface area contributed by atoms with E-state index in [1.807, 2.05) is 13.8 Å². The highest BCUT2D eigenvalue weighted by Gasteiger charge is 2.44. The lowest BCUT2D eigenvalue weighted by atomic mass is 9.92. The predicted molar refractivity (Wildman–Crippen MR) is 98.8 cm³/mol. The van der Waals surface area contributed by atoms with Crippen molar-refractivity contribution in [3.8, 4) is 5.75 Å². The zero-order chi connectivity index (χ0) is 20.6. The van der Waals surface area contributed by atoms with Crippen molar-refractivity contribution in [1.29, 1.82) is 0 Å². The molecule has 1 aliphatic heterocycles. The summed E-state index contributed by atoms with van der Waals surface area (Å²) in [5, 5.41) is 20.3. The maximum atomic E-state index is 13.8. The summed E-state index contributed by atoms with van der Waals surface area (Å²) < 4.78 is 27.1. The number of halogens is 2. The number of aliphatic hydroxyl groups excluding tert-OH is 1. The van der Waals surface area contributed by atoms with Crippen molar-refractivity contribution in [3.05, 3.63) is 71.0 Å². The lowest BCUT2D eigenvalue weighted by Crippen LogP contribution is -2.31. The molecule has 2 N–H and O–H groups in total. The van der Waals surface area contributed by atoms with Crippen molar-refractivity contribution in [2.75, 3.05) is 4.90 Å². The van der Waals surface area contributed by atoms with E-state index in [9.17, 15) is 28.6 Å². The Morgan fingerprint density at radius 1 is 1.11 bits per heavy atom. The van der Waals surface area contributed by atoms with Crippen LogP contribution in [0.4, 0.5) is 14.5 Å². The van der Waals surface area contributed by atoms with Crippen molar-refractivity contribution < 1.29 is 28.6 Å². The number of Topliss-reactive ketones (excluding diaryl/α,β-unsaturated/α-hetero) is 1. The topological polar surface area (TPSA) is 77.8 Å². The van der Waals surface area contributed by atoms with Crippen LogP contribution in [0, 0.1) is 17.6 Å². The largest absolute Gasteiger partial charge is 0.508 e. The van der Waals surface area contributed by atoms with Gasteiger partial charge < -0.3 is 10.2 Å². The number of aliphatic hydroxyl groups is 1. The van der Waals surface area contributed by atoms with Crippen LogP contribution in [0.5, 0.6) is 5.75 Å². The van der Waals surface area contributed by atoms with Crippen LogP contribution >= 0.6 is 0 Å². The van der Waals surface area contributed by atoms with Gasteiger partial charge >= 0.3 is 0 Å². The van der Waals surface area contributed by atoms with Crippen LogP contribution in [0.1, 0.15) is 31.9 Å². The molecule has 5 nitrogen and oxygen atoms in total. The van der Waals surface area contributed by atoms with E-state index in [1.54, 1.807) is 6.07 Å². The normalized spacial score (nSPS) is 17.0. The fraction of sp³-hybridized carbons (Fsp3) is 0.238. The third kappa shape index (κ3) is 3.47. The highest BCUT2D eigenvalue weighted by molar-refractivity contribution is 6.16. The Morgan fingerprint density at radius 2 is 1.82 bits per heavy atom. The standard InChI is InChI=1S/C21H19F2NO4/c1-11(2)8-17(26)18-19(12-4-3-5-14(25)9-12)24(21(28)20(18)27)13-6-7-15(22)16(23)10-13/h3-7,9-11,19,25,27H,8H2,1-2H3. The first-order valence-electron chi connectivity index (χ1n) is 8.74. The number of hydrogen-bond donors (Lipinski definition) is 2. The molecular formula is C21H19F2NO4. The summed E-state index contributed by atoms with van der Waals surface area (Å²) in [6.07, 6.45) is 0.0909. The molecule has 1 atom stereocenters. The molecule has 0 saturated carbocycles. The highest BCUT2D eigenvalue weighted by atomic mass is 19.2. The summed E-state index contributed by atoms with van der Waals surface area (Å²) in [6, 6.07) is 7.68. The van der Waals surface area contributed by atoms with Crippen molar-refractivity contribution in [2.24, 2.45) is 5.92 Å². The molecular weight excluding hydrogens is 368 g/mol. The molecule has 1 unspecified atom stereocenters. The van der Waals surface area contributed by atoms with E-state index in [0.29, 0.717) is 5.56 Å². The molecule has 2 aromatic carbocycles. The summed E-state index contributed by atoms with van der Waals surface area (Å²) in [5.41, 5.74) is 0.208. The van der Waals surface area contributed by atoms with Gasteiger partial charge in [-0.1, -0.05) is 26.0 Å². The van der Waals surface area contributed by atoms with Gasteiger partial charge in [0, 0.05) is 18.2 Å². The Morgan fingerprint density at radius 3 is 2.43 bits per heavy atom. The third-order valence-corrected chi connectivity index (χ3v) is 4.47. The molecule has 0 aromatic heterocycles. The maximum absolute atomic E-state index is 13.8. The second-order valence-electron chi connectivity index (χ2n) is 7.05. The number of carbonyl (C=O) groups is 2. The van der Waals surface area contributed by atoms with E-state index in [1.165, 1.54) is 24.3 Å². The SMILES string of the molecule is CC(C)CC(=O)C1=C(O)C(=O)N(c2ccc(F)c(F)c2)C1c1cccc(O)c1. The second-order valence-corrected chi connectivity index (χ2v) is 7.05. The summed E-state index contributed by atoms with van der Waals surface area (Å²) >= 11 is 0. The van der Waals surface area contributed by atoms with Gasteiger partial charge in [-0.25, -0.2) is 8.78 Å². The molecule has 2 aromatic rings. The van der Waals surface area contributed by atoms with E-state index >= 15 is 0 Å². The Labute approximate surface area is 160 Å². The van der Waals surface area contributed by atoms with Crippen LogP contribution in [0.25, 0.3) is 0 Å². The minimum Gasteiger partial charge on any atom is -0.508 e. The van der Waals surface area contributed by atoms with Crippen LogP contribution in [0.15, 0.2) is 53.8 Å². The number of ketones is 1. The van der Waals surface area contributed by atoms with E-state index in [4.69, 9.17) is 0 Å². The molecule has 28 heavy (non-hydrogen) atoms. The van der Waals surface area contributed by atoms with Crippen LogP contribution in [0.2, 0.25) is 0 Å². The zero-order valence-corrected chi connectivity index (χ0v) is 15.3. The molecule has 7 heteroatoms. The van der Waals surface area contributed by atoms with Crippen molar-refractivity contribution >= 4 is 17.4 Å². The van der Waals surface area contributed by atoms with E-state index in [0.717, 1.165) is 17.0 Å². The fourth-order valence-corrected chi connectivity index (χ4v) is 3.28. The Bertz CT molecular complexity index is 984.